The lowest BCUT2D eigenvalue weighted by Crippen LogP contribution is -2.61. The number of aromatic nitrogens is 3. The van der Waals surface area contributed by atoms with Crippen molar-refractivity contribution >= 4 is 32.5 Å². The van der Waals surface area contributed by atoms with Gasteiger partial charge in [0.05, 0.1) is 25.2 Å². The summed E-state index contributed by atoms with van der Waals surface area (Å²) in [6.07, 6.45) is -12.9. The first kappa shape index (κ1) is 33.2. The molecule has 2 aromatic rings. The van der Waals surface area contributed by atoms with Crippen LogP contribution in [-0.2, 0) is 41.4 Å². The molecule has 20 nitrogen and oxygen atoms in total. The van der Waals surface area contributed by atoms with Crippen LogP contribution in [0.25, 0.3) is 11.2 Å². The quantitative estimate of drug-likeness (QED) is 0.109. The molecule has 5 unspecified atom stereocenters. The lowest BCUT2D eigenvalue weighted by atomic mass is 9.96. The number of aliphatic hydroxyl groups is 5. The van der Waals surface area contributed by atoms with E-state index >= 15 is 0 Å². The van der Waals surface area contributed by atoms with E-state index in [0.717, 1.165) is 0 Å². The summed E-state index contributed by atoms with van der Waals surface area (Å²) in [5.74, 6) is 0. The molecule has 0 saturated carbocycles. The van der Waals surface area contributed by atoms with Crippen LogP contribution in [0.4, 0.5) is 5.69 Å². The second-order valence-electron chi connectivity index (χ2n) is 9.30. The van der Waals surface area contributed by atoms with Crippen LogP contribution in [0.3, 0.4) is 0 Å². The molecule has 0 spiro atoms. The number of aliphatic hydroxyl groups excluding tert-OH is 5. The maximum Gasteiger partial charge on any atom is 0.483 e. The van der Waals surface area contributed by atoms with E-state index in [2.05, 4.69) is 18.8 Å². The van der Waals surface area contributed by atoms with Crippen molar-refractivity contribution < 1.29 is 76.8 Å². The Labute approximate surface area is 237 Å². The Balaban J connectivity index is 1.43. The van der Waals surface area contributed by atoms with Gasteiger partial charge >= 0.3 is 15.6 Å². The number of anilines is 1. The number of pyridine rings is 1. The van der Waals surface area contributed by atoms with E-state index in [1.54, 1.807) is 6.07 Å². The third-order valence-electron chi connectivity index (χ3n) is 6.61. The van der Waals surface area contributed by atoms with Gasteiger partial charge in [-0.05, 0) is 6.07 Å². The second kappa shape index (κ2) is 13.1. The number of hydrogen-bond acceptors (Lipinski definition) is 17. The molecule has 4 heterocycles. The van der Waals surface area contributed by atoms with E-state index in [9.17, 15) is 39.3 Å². The van der Waals surface area contributed by atoms with Crippen LogP contribution < -0.4 is 5.73 Å². The molecule has 12 atom stereocenters. The van der Waals surface area contributed by atoms with Gasteiger partial charge in [-0.3, -0.25) is 13.6 Å². The van der Waals surface area contributed by atoms with Gasteiger partial charge in [0.2, 0.25) is 0 Å². The molecule has 0 aliphatic carbocycles. The molecule has 0 aromatic carbocycles. The summed E-state index contributed by atoms with van der Waals surface area (Å²) in [6, 6.07) is 1.56. The fraction of sp³-hybridized carbons (Fsp3) is 0.700. The van der Waals surface area contributed by atoms with E-state index in [4.69, 9.17) is 34.3 Å². The summed E-state index contributed by atoms with van der Waals surface area (Å²) in [6.45, 7) is -1.69. The van der Waals surface area contributed by atoms with Crippen LogP contribution >= 0.6 is 15.6 Å². The van der Waals surface area contributed by atoms with Crippen molar-refractivity contribution in [2.24, 2.45) is 0 Å². The summed E-state index contributed by atoms with van der Waals surface area (Å²) in [5, 5.41) is 48.8. The molecule has 42 heavy (non-hydrogen) atoms. The molecule has 238 valence electrons. The molecule has 0 amide bonds. The number of imidazole rings is 1. The SMILES string of the molecule is COC1[C@@H](COP(=O)(O)OP(=O)(O)O[C@@H]2OC([C@H](O)CO)[C@@H](O)[C@H](O)C2O)O[C@@H](n2cnc3c(N)ccnc32)[C@H]1OC. The van der Waals surface area contributed by atoms with Crippen molar-refractivity contribution in [3.8, 4) is 0 Å². The van der Waals surface area contributed by atoms with Gasteiger partial charge in [-0.1, -0.05) is 0 Å². The summed E-state index contributed by atoms with van der Waals surface area (Å²) < 4.78 is 62.2. The van der Waals surface area contributed by atoms with Crippen molar-refractivity contribution in [2.45, 2.75) is 61.3 Å². The Kier molecular flexibility index (Phi) is 10.4. The van der Waals surface area contributed by atoms with Crippen molar-refractivity contribution in [2.75, 3.05) is 33.2 Å². The lowest BCUT2D eigenvalue weighted by molar-refractivity contribution is -0.292. The maximum absolute atomic E-state index is 12.6. The van der Waals surface area contributed by atoms with E-state index in [1.807, 2.05) is 0 Å². The number of hydrogen-bond donors (Lipinski definition) is 8. The van der Waals surface area contributed by atoms with Gasteiger partial charge in [0.25, 0.3) is 0 Å². The van der Waals surface area contributed by atoms with E-state index in [-0.39, 0.29) is 0 Å². The molecule has 4 rings (SSSR count). The number of ether oxygens (including phenoxy) is 4. The number of methoxy groups -OCH3 is 2. The molecule has 2 aromatic heterocycles. The third kappa shape index (κ3) is 6.84. The summed E-state index contributed by atoms with van der Waals surface area (Å²) in [4.78, 5) is 28.7. The Hall–Kier alpha value is -1.68. The van der Waals surface area contributed by atoms with Crippen LogP contribution in [0.1, 0.15) is 6.23 Å². The van der Waals surface area contributed by atoms with Crippen LogP contribution in [0.15, 0.2) is 18.6 Å². The van der Waals surface area contributed by atoms with Crippen molar-refractivity contribution in [3.05, 3.63) is 18.6 Å². The van der Waals surface area contributed by atoms with Gasteiger partial charge < -0.3 is 60.0 Å². The predicted octanol–water partition coefficient (Wildman–Crippen LogP) is -2.65. The van der Waals surface area contributed by atoms with Gasteiger partial charge in [0, 0.05) is 20.4 Å². The van der Waals surface area contributed by atoms with E-state index < -0.39 is 90.2 Å². The first-order valence-electron chi connectivity index (χ1n) is 12.2. The average Bonchev–Trinajstić information content (AvgIpc) is 3.52. The van der Waals surface area contributed by atoms with Crippen LogP contribution in [0.5, 0.6) is 0 Å². The average molecular weight is 646 g/mol. The molecule has 22 heteroatoms. The minimum Gasteiger partial charge on any atom is -0.397 e. The number of nitrogen functional groups attached to an aromatic ring is 1. The predicted molar refractivity (Wildman–Crippen MR) is 135 cm³/mol. The monoisotopic (exact) mass is 646 g/mol. The van der Waals surface area contributed by atoms with Crippen molar-refractivity contribution in [1.29, 1.82) is 0 Å². The Morgan fingerprint density at radius 1 is 1.05 bits per heavy atom. The summed E-state index contributed by atoms with van der Waals surface area (Å²) >= 11 is 0. The Morgan fingerprint density at radius 3 is 2.38 bits per heavy atom. The second-order valence-corrected chi connectivity index (χ2v) is 12.3. The van der Waals surface area contributed by atoms with Crippen LogP contribution in [0.2, 0.25) is 0 Å². The Bertz CT molecular complexity index is 1320. The highest BCUT2D eigenvalue weighted by Gasteiger charge is 2.51. The minimum absolute atomic E-state index is 0.353. The number of nitrogens with zero attached hydrogens (tertiary/aromatic N) is 3. The molecule has 2 fully saturated rings. The number of rotatable bonds is 12. The molecule has 2 saturated heterocycles. The van der Waals surface area contributed by atoms with Crippen LogP contribution in [0, 0.1) is 0 Å². The van der Waals surface area contributed by atoms with Crippen molar-refractivity contribution in [3.63, 3.8) is 0 Å². The first-order chi connectivity index (χ1) is 19.7. The summed E-state index contributed by atoms with van der Waals surface area (Å²) in [7, 11) is -8.32. The highest BCUT2D eigenvalue weighted by atomic mass is 31.3. The molecule has 9 N–H and O–H groups in total. The number of nitrogens with two attached hydrogens (primary N) is 1. The van der Waals surface area contributed by atoms with Gasteiger partial charge in [-0.15, -0.1) is 0 Å². The molecule has 0 bridgehead atoms. The zero-order valence-electron chi connectivity index (χ0n) is 22.0. The molecule has 2 aliphatic heterocycles. The highest BCUT2D eigenvalue weighted by Crippen LogP contribution is 2.61. The van der Waals surface area contributed by atoms with E-state index in [1.165, 1.54) is 31.3 Å². The largest absolute Gasteiger partial charge is 0.483 e. The number of phosphoric ester groups is 2. The summed E-state index contributed by atoms with van der Waals surface area (Å²) in [5.41, 5.74) is 7.05. The molecule has 2 aliphatic rings. The fourth-order valence-corrected chi connectivity index (χ4v) is 6.75. The van der Waals surface area contributed by atoms with Crippen molar-refractivity contribution in [1.82, 2.24) is 14.5 Å². The standard InChI is InChI=1S/C20H32N4O16P2/c1-34-16-10(37-19(17(16)35-2)24-7-23-11-8(21)3-4-22-18(11)24)6-36-41(30,31)40-42(32,33)39-20-14(29)12(27)13(28)15(38-20)9(26)5-25/h3-4,7,9-10,12-17,19-20,25-29H,5-6H2,1-2H3,(H2,21,22)(H,30,31)(H,32,33)/t9-,10-,12+,13+,14?,15?,16?,17+,19-,20+/m1/s1. The number of phosphoric acid groups is 2. The molecule has 0 radical (unpaired) electrons. The zero-order chi connectivity index (χ0) is 31.0. The first-order valence-corrected chi connectivity index (χ1v) is 15.2. The fourth-order valence-electron chi connectivity index (χ4n) is 4.60. The normalized spacial score (nSPS) is 35.6. The van der Waals surface area contributed by atoms with Gasteiger partial charge in [0.1, 0.15) is 54.3 Å². The third-order valence-corrected chi connectivity index (χ3v) is 9.21. The smallest absolute Gasteiger partial charge is 0.397 e. The van der Waals surface area contributed by atoms with E-state index in [0.29, 0.717) is 16.9 Å². The maximum atomic E-state index is 12.6. The zero-order valence-corrected chi connectivity index (χ0v) is 23.8. The van der Waals surface area contributed by atoms with Gasteiger partial charge in [0.15, 0.2) is 18.2 Å². The molecular formula is C20H32N4O16P2. The number of fused-ring (bicyclic) bond motifs is 1. The molecular weight excluding hydrogens is 614 g/mol. The minimum atomic E-state index is -5.61. The Morgan fingerprint density at radius 2 is 1.74 bits per heavy atom. The lowest BCUT2D eigenvalue weighted by Gasteiger charge is -2.41. The topological polar surface area (TPSA) is 297 Å². The van der Waals surface area contributed by atoms with Gasteiger partial charge in [-0.25, -0.2) is 19.1 Å². The van der Waals surface area contributed by atoms with Gasteiger partial charge in [-0.2, -0.15) is 4.31 Å². The van der Waals surface area contributed by atoms with Crippen LogP contribution in [-0.4, -0.2) is 132 Å². The highest BCUT2D eigenvalue weighted by molar-refractivity contribution is 7.61.